The van der Waals surface area contributed by atoms with E-state index >= 15 is 0 Å². The Bertz CT molecular complexity index is 1280. The number of carbonyl (C=O) groups excluding carboxylic acids is 1. The normalized spacial score (nSPS) is 17.8. The van der Waals surface area contributed by atoms with E-state index in [2.05, 4.69) is 6.92 Å². The van der Waals surface area contributed by atoms with Crippen LogP contribution in [0.2, 0.25) is 0 Å². The van der Waals surface area contributed by atoms with E-state index in [4.69, 9.17) is 14.2 Å². The van der Waals surface area contributed by atoms with Crippen LogP contribution in [-0.4, -0.2) is 43.0 Å². The fourth-order valence-corrected chi connectivity index (χ4v) is 5.60. The van der Waals surface area contributed by atoms with E-state index in [1.54, 1.807) is 24.3 Å². The van der Waals surface area contributed by atoms with Crippen LogP contribution in [0.25, 0.3) is 11.1 Å². The summed E-state index contributed by atoms with van der Waals surface area (Å²) in [7, 11) is 0. The number of aliphatic carboxylic acids is 1. The van der Waals surface area contributed by atoms with Crippen LogP contribution in [0, 0.1) is 11.3 Å². The Morgan fingerprint density at radius 1 is 0.804 bits per heavy atom. The third kappa shape index (κ3) is 10.5. The summed E-state index contributed by atoms with van der Waals surface area (Å²) in [5, 5.41) is 9.73. The smallest absolute Gasteiger partial charge is 0.408 e. The number of benzene rings is 2. The van der Waals surface area contributed by atoms with Crippen LogP contribution in [0.1, 0.15) is 94.8 Å². The predicted molar refractivity (Wildman–Crippen MR) is 173 cm³/mol. The Labute approximate surface area is 270 Å². The van der Waals surface area contributed by atoms with Crippen molar-refractivity contribution in [1.29, 1.82) is 0 Å². The highest BCUT2D eigenvalue weighted by molar-refractivity contribution is 5.91. The molecule has 46 heavy (non-hydrogen) atoms. The Morgan fingerprint density at radius 2 is 1.39 bits per heavy atom. The topological polar surface area (TPSA) is 82.1 Å². The minimum atomic E-state index is -5.03. The van der Waals surface area contributed by atoms with Gasteiger partial charge in [-0.15, -0.1) is 0 Å². The van der Waals surface area contributed by atoms with E-state index in [0.29, 0.717) is 38.7 Å². The number of carboxylic acids is 1. The van der Waals surface area contributed by atoms with Crippen molar-refractivity contribution in [1.82, 2.24) is 0 Å². The summed E-state index contributed by atoms with van der Waals surface area (Å²) >= 11 is 0. The third-order valence-corrected chi connectivity index (χ3v) is 8.33. The first-order valence-electron chi connectivity index (χ1n) is 16.5. The molecule has 1 N–H and O–H groups in total. The highest BCUT2D eigenvalue weighted by Crippen LogP contribution is 2.50. The number of alkyl halides is 3. The highest BCUT2D eigenvalue weighted by Gasteiger charge is 2.63. The summed E-state index contributed by atoms with van der Waals surface area (Å²) in [4.78, 5) is 25.0. The van der Waals surface area contributed by atoms with Gasteiger partial charge in [0.15, 0.2) is 5.41 Å². The summed E-state index contributed by atoms with van der Waals surface area (Å²) in [6.45, 7) is 5.94. The fourth-order valence-electron chi connectivity index (χ4n) is 5.60. The van der Waals surface area contributed by atoms with Gasteiger partial charge in [0.2, 0.25) is 0 Å². The lowest BCUT2D eigenvalue weighted by Crippen LogP contribution is -2.49. The SMILES string of the molecule is CCCCCCCCOc1ccc(-c2ccc(C(=O)OC3=CC(CCCCCCOCC)C(C(=O)O)(C(F)(F)F)C=C3)cc2)cc1. The Kier molecular flexibility index (Phi) is 14.9. The molecule has 252 valence electrons. The molecule has 0 amide bonds. The summed E-state index contributed by atoms with van der Waals surface area (Å²) < 4.78 is 59.2. The Morgan fingerprint density at radius 3 is 2.00 bits per heavy atom. The number of unbranched alkanes of at least 4 members (excludes halogenated alkanes) is 8. The van der Waals surface area contributed by atoms with Crippen LogP contribution in [0.15, 0.2) is 72.5 Å². The van der Waals surface area contributed by atoms with Crippen molar-refractivity contribution in [2.45, 2.75) is 90.7 Å². The van der Waals surface area contributed by atoms with Gasteiger partial charge in [0.25, 0.3) is 0 Å². The van der Waals surface area contributed by atoms with Gasteiger partial charge in [-0.3, -0.25) is 4.79 Å². The molecule has 0 bridgehead atoms. The van der Waals surface area contributed by atoms with Crippen molar-refractivity contribution in [2.75, 3.05) is 19.8 Å². The van der Waals surface area contributed by atoms with Crippen molar-refractivity contribution in [2.24, 2.45) is 11.3 Å². The van der Waals surface area contributed by atoms with Crippen molar-refractivity contribution in [3.8, 4) is 16.9 Å². The quantitative estimate of drug-likeness (QED) is 0.114. The van der Waals surface area contributed by atoms with E-state index in [1.807, 2.05) is 31.2 Å². The second-order valence-electron chi connectivity index (χ2n) is 11.7. The average Bonchev–Trinajstić information content (AvgIpc) is 3.03. The number of esters is 1. The number of carboxylic acid groups (broad SMARTS) is 1. The molecule has 0 saturated carbocycles. The van der Waals surface area contributed by atoms with E-state index in [0.717, 1.165) is 54.7 Å². The molecule has 0 spiro atoms. The van der Waals surface area contributed by atoms with Crippen LogP contribution in [0.3, 0.4) is 0 Å². The molecule has 1 aliphatic carbocycles. The van der Waals surface area contributed by atoms with Crippen LogP contribution < -0.4 is 4.74 Å². The molecule has 2 unspecified atom stereocenters. The molecule has 3 rings (SSSR count). The monoisotopic (exact) mass is 644 g/mol. The number of ether oxygens (including phenoxy) is 3. The molecule has 0 heterocycles. The minimum absolute atomic E-state index is 0.0244. The maximum absolute atomic E-state index is 14.2. The summed E-state index contributed by atoms with van der Waals surface area (Å²) in [6.07, 6.45) is 7.36. The third-order valence-electron chi connectivity index (χ3n) is 8.33. The van der Waals surface area contributed by atoms with Gasteiger partial charge in [-0.2, -0.15) is 13.2 Å². The number of halogens is 3. The van der Waals surface area contributed by atoms with Crippen LogP contribution >= 0.6 is 0 Å². The molecular formula is C37H47F3O6. The summed E-state index contributed by atoms with van der Waals surface area (Å²) in [5.74, 6) is -3.46. The maximum Gasteiger partial charge on any atom is 0.408 e. The average molecular weight is 645 g/mol. The van der Waals surface area contributed by atoms with E-state index in [9.17, 15) is 27.9 Å². The molecule has 2 aromatic carbocycles. The number of allylic oxidation sites excluding steroid dienone is 2. The second kappa shape index (κ2) is 18.5. The molecule has 2 atom stereocenters. The standard InChI is InChI=1S/C37H47F3O6/c1-3-5-6-7-9-13-26-45-32-21-19-29(20-22-32)28-15-17-30(18-16-28)34(41)46-33-23-24-36(35(42)43,37(38,39)40)31(27-33)14-11-8-10-12-25-44-4-2/h15-24,27,31H,3-14,25-26H2,1-2H3,(H,42,43). The molecule has 2 aromatic rings. The van der Waals surface area contributed by atoms with Gasteiger partial charge in [0, 0.05) is 19.1 Å². The molecular weight excluding hydrogens is 597 g/mol. The zero-order chi connectivity index (χ0) is 33.4. The lowest BCUT2D eigenvalue weighted by atomic mass is 9.69. The van der Waals surface area contributed by atoms with E-state index in [-0.39, 0.29) is 17.7 Å². The van der Waals surface area contributed by atoms with Gasteiger partial charge < -0.3 is 19.3 Å². The predicted octanol–water partition coefficient (Wildman–Crippen LogP) is 9.94. The van der Waals surface area contributed by atoms with Crippen molar-refractivity contribution >= 4 is 11.9 Å². The lowest BCUT2D eigenvalue weighted by molar-refractivity contribution is -0.227. The molecule has 1 aliphatic rings. The van der Waals surface area contributed by atoms with Gasteiger partial charge in [0.05, 0.1) is 12.2 Å². The largest absolute Gasteiger partial charge is 0.494 e. The zero-order valence-electron chi connectivity index (χ0n) is 27.0. The maximum atomic E-state index is 14.2. The van der Waals surface area contributed by atoms with E-state index < -0.39 is 29.4 Å². The highest BCUT2D eigenvalue weighted by atomic mass is 19.4. The molecule has 0 aromatic heterocycles. The second-order valence-corrected chi connectivity index (χ2v) is 11.7. The number of hydrogen-bond acceptors (Lipinski definition) is 5. The fraction of sp³-hybridized carbons (Fsp3) is 0.514. The van der Waals surface area contributed by atoms with E-state index in [1.165, 1.54) is 25.7 Å². The first-order chi connectivity index (χ1) is 22.1. The van der Waals surface area contributed by atoms with Crippen LogP contribution in [-0.2, 0) is 14.3 Å². The van der Waals surface area contributed by atoms with Gasteiger partial charge >= 0.3 is 18.1 Å². The van der Waals surface area contributed by atoms with Crippen molar-refractivity contribution in [3.05, 3.63) is 78.1 Å². The Balaban J connectivity index is 1.60. The zero-order valence-corrected chi connectivity index (χ0v) is 27.0. The first kappa shape index (κ1) is 36.9. The minimum Gasteiger partial charge on any atom is -0.494 e. The number of rotatable bonds is 20. The number of hydrogen-bond donors (Lipinski definition) is 1. The van der Waals surface area contributed by atoms with Gasteiger partial charge in [-0.25, -0.2) is 4.79 Å². The van der Waals surface area contributed by atoms with Gasteiger partial charge in [-0.1, -0.05) is 88.6 Å². The Hall–Kier alpha value is -3.59. The molecule has 9 heteroatoms. The molecule has 0 aliphatic heterocycles. The van der Waals surface area contributed by atoms with Gasteiger partial charge in [0.1, 0.15) is 11.5 Å². The number of carbonyl (C=O) groups is 2. The molecule has 0 radical (unpaired) electrons. The first-order valence-corrected chi connectivity index (χ1v) is 16.5. The summed E-state index contributed by atoms with van der Waals surface area (Å²) in [6, 6.07) is 14.4. The summed E-state index contributed by atoms with van der Waals surface area (Å²) in [5.41, 5.74) is -1.07. The molecule has 6 nitrogen and oxygen atoms in total. The lowest BCUT2D eigenvalue weighted by Gasteiger charge is -2.37. The molecule has 0 saturated heterocycles. The van der Waals surface area contributed by atoms with Crippen LogP contribution in [0.4, 0.5) is 13.2 Å². The van der Waals surface area contributed by atoms with Crippen molar-refractivity contribution < 1.29 is 42.1 Å². The van der Waals surface area contributed by atoms with Crippen molar-refractivity contribution in [3.63, 3.8) is 0 Å². The van der Waals surface area contributed by atoms with Crippen LogP contribution in [0.5, 0.6) is 5.75 Å². The van der Waals surface area contributed by atoms with Gasteiger partial charge in [-0.05, 0) is 73.7 Å². The molecule has 0 fully saturated rings.